The van der Waals surface area contributed by atoms with E-state index in [1.54, 1.807) is 0 Å². The van der Waals surface area contributed by atoms with Gasteiger partial charge >= 0.3 is 0 Å². The van der Waals surface area contributed by atoms with Crippen LogP contribution in [0.3, 0.4) is 0 Å². The lowest BCUT2D eigenvalue weighted by molar-refractivity contribution is 0.122. The van der Waals surface area contributed by atoms with E-state index in [0.29, 0.717) is 0 Å². The third-order valence-corrected chi connectivity index (χ3v) is 2.79. The van der Waals surface area contributed by atoms with Gasteiger partial charge < -0.3 is 15.0 Å². The van der Waals surface area contributed by atoms with Gasteiger partial charge in [-0.1, -0.05) is 0 Å². The maximum absolute atomic E-state index is 5.33. The fourth-order valence-corrected chi connectivity index (χ4v) is 1.75. The Kier molecular flexibility index (Phi) is 4.14. The Balaban J connectivity index is 2.00. The van der Waals surface area contributed by atoms with E-state index in [1.165, 1.54) is 0 Å². The van der Waals surface area contributed by atoms with E-state index in [1.807, 2.05) is 12.3 Å². The van der Waals surface area contributed by atoms with Gasteiger partial charge in [0.2, 0.25) is 5.95 Å². The van der Waals surface area contributed by atoms with Gasteiger partial charge in [0, 0.05) is 31.4 Å². The molecule has 0 amide bonds. The second-order valence-corrected chi connectivity index (χ2v) is 5.55. The molecule has 0 saturated carbocycles. The largest absolute Gasteiger partial charge is 0.378 e. The lowest BCUT2D eigenvalue weighted by atomic mass is 10.1. The van der Waals surface area contributed by atoms with Gasteiger partial charge in [-0.15, -0.1) is 0 Å². The minimum Gasteiger partial charge on any atom is -0.378 e. The molecule has 0 bridgehead atoms. The second-order valence-electron chi connectivity index (χ2n) is 5.55. The molecule has 1 aliphatic heterocycles. The number of anilines is 1. The van der Waals surface area contributed by atoms with Crippen molar-refractivity contribution in [2.24, 2.45) is 0 Å². The molecule has 0 aliphatic carbocycles. The number of nitrogens with zero attached hydrogens (tertiary/aromatic N) is 3. The highest BCUT2D eigenvalue weighted by Crippen LogP contribution is 2.10. The smallest absolute Gasteiger partial charge is 0.225 e. The quantitative estimate of drug-likeness (QED) is 0.873. The van der Waals surface area contributed by atoms with Gasteiger partial charge in [0.15, 0.2) is 0 Å². The lowest BCUT2D eigenvalue weighted by Crippen LogP contribution is -2.38. The highest BCUT2D eigenvalue weighted by atomic mass is 16.5. The first-order valence-electron chi connectivity index (χ1n) is 6.44. The van der Waals surface area contributed by atoms with Gasteiger partial charge in [0.05, 0.1) is 18.9 Å². The molecule has 1 fully saturated rings. The molecular weight excluding hydrogens is 228 g/mol. The van der Waals surface area contributed by atoms with Crippen LogP contribution < -0.4 is 10.2 Å². The molecule has 100 valence electrons. The first-order valence-corrected chi connectivity index (χ1v) is 6.44. The molecule has 2 rings (SSSR count). The number of nitrogens with one attached hydrogen (secondary N) is 1. The molecular formula is C13H22N4O. The lowest BCUT2D eigenvalue weighted by Gasteiger charge is -2.27. The molecule has 0 radical (unpaired) electrons. The highest BCUT2D eigenvalue weighted by molar-refractivity contribution is 5.30. The van der Waals surface area contributed by atoms with Crippen LogP contribution in [0.4, 0.5) is 5.95 Å². The zero-order valence-electron chi connectivity index (χ0n) is 11.4. The Morgan fingerprint density at radius 1 is 1.33 bits per heavy atom. The van der Waals surface area contributed by atoms with Crippen LogP contribution in [0.15, 0.2) is 12.3 Å². The summed E-state index contributed by atoms with van der Waals surface area (Å²) in [7, 11) is 0. The van der Waals surface area contributed by atoms with Crippen molar-refractivity contribution in [3.8, 4) is 0 Å². The average molecular weight is 250 g/mol. The summed E-state index contributed by atoms with van der Waals surface area (Å²) < 4.78 is 5.33. The van der Waals surface area contributed by atoms with E-state index in [4.69, 9.17) is 4.74 Å². The SMILES string of the molecule is CC(C)(C)NCc1ccnc(N2CCOCC2)n1. The number of aromatic nitrogens is 2. The summed E-state index contributed by atoms with van der Waals surface area (Å²) in [5.41, 5.74) is 1.13. The summed E-state index contributed by atoms with van der Waals surface area (Å²) in [6.07, 6.45) is 1.83. The van der Waals surface area contributed by atoms with E-state index < -0.39 is 0 Å². The molecule has 0 atom stereocenters. The van der Waals surface area contributed by atoms with Gasteiger partial charge in [-0.3, -0.25) is 0 Å². The van der Waals surface area contributed by atoms with E-state index >= 15 is 0 Å². The van der Waals surface area contributed by atoms with E-state index in [2.05, 4.69) is 41.0 Å². The first kappa shape index (κ1) is 13.2. The van der Waals surface area contributed by atoms with Crippen LogP contribution in [-0.4, -0.2) is 41.8 Å². The normalized spacial score (nSPS) is 16.9. The number of ether oxygens (including phenoxy) is 1. The summed E-state index contributed by atoms with van der Waals surface area (Å²) in [6, 6.07) is 1.96. The topological polar surface area (TPSA) is 50.3 Å². The summed E-state index contributed by atoms with van der Waals surface area (Å²) in [4.78, 5) is 11.1. The molecule has 0 aromatic carbocycles. The number of morpholine rings is 1. The third-order valence-electron chi connectivity index (χ3n) is 2.79. The third kappa shape index (κ3) is 3.92. The number of hydrogen-bond acceptors (Lipinski definition) is 5. The van der Waals surface area contributed by atoms with Gasteiger partial charge in [0.25, 0.3) is 0 Å². The van der Waals surface area contributed by atoms with Crippen LogP contribution in [0.25, 0.3) is 0 Å². The van der Waals surface area contributed by atoms with Crippen LogP contribution >= 0.6 is 0 Å². The molecule has 5 nitrogen and oxygen atoms in total. The minimum atomic E-state index is 0.101. The number of hydrogen-bond donors (Lipinski definition) is 1. The van der Waals surface area contributed by atoms with Crippen molar-refractivity contribution < 1.29 is 4.74 Å². The summed E-state index contributed by atoms with van der Waals surface area (Å²) in [5.74, 6) is 0.812. The van der Waals surface area contributed by atoms with Crippen molar-refractivity contribution in [3.63, 3.8) is 0 Å². The summed E-state index contributed by atoms with van der Waals surface area (Å²) in [6.45, 7) is 10.5. The Bertz CT molecular complexity index is 383. The number of rotatable bonds is 3. The molecule has 0 unspecified atom stereocenters. The molecule has 18 heavy (non-hydrogen) atoms. The zero-order chi connectivity index (χ0) is 13.0. The predicted octanol–water partition coefficient (Wildman–Crippen LogP) is 1.20. The van der Waals surface area contributed by atoms with Crippen LogP contribution in [0.5, 0.6) is 0 Å². The second kappa shape index (κ2) is 5.63. The van der Waals surface area contributed by atoms with Crippen molar-refractivity contribution in [3.05, 3.63) is 18.0 Å². The van der Waals surface area contributed by atoms with Crippen molar-refractivity contribution in [2.45, 2.75) is 32.9 Å². The van der Waals surface area contributed by atoms with E-state index in [0.717, 1.165) is 44.5 Å². The van der Waals surface area contributed by atoms with Gasteiger partial charge in [0.1, 0.15) is 0 Å². The molecule has 1 aromatic rings. The van der Waals surface area contributed by atoms with Crippen molar-refractivity contribution in [1.29, 1.82) is 0 Å². The van der Waals surface area contributed by atoms with Gasteiger partial charge in [-0.25, -0.2) is 9.97 Å². The maximum Gasteiger partial charge on any atom is 0.225 e. The van der Waals surface area contributed by atoms with Crippen molar-refractivity contribution >= 4 is 5.95 Å². The predicted molar refractivity (Wildman–Crippen MR) is 71.7 cm³/mol. The fraction of sp³-hybridized carbons (Fsp3) is 0.692. The Hall–Kier alpha value is -1.20. The van der Waals surface area contributed by atoms with Crippen molar-refractivity contribution in [2.75, 3.05) is 31.2 Å². The van der Waals surface area contributed by atoms with Crippen LogP contribution in [0, 0.1) is 0 Å². The van der Waals surface area contributed by atoms with E-state index in [9.17, 15) is 0 Å². The minimum absolute atomic E-state index is 0.101. The maximum atomic E-state index is 5.33. The van der Waals surface area contributed by atoms with Crippen LogP contribution in [0.2, 0.25) is 0 Å². The van der Waals surface area contributed by atoms with E-state index in [-0.39, 0.29) is 5.54 Å². The fourth-order valence-electron chi connectivity index (χ4n) is 1.75. The monoisotopic (exact) mass is 250 g/mol. The zero-order valence-corrected chi connectivity index (χ0v) is 11.4. The summed E-state index contributed by atoms with van der Waals surface area (Å²) >= 11 is 0. The first-order chi connectivity index (χ1) is 8.54. The summed E-state index contributed by atoms with van der Waals surface area (Å²) in [5, 5.41) is 3.43. The Morgan fingerprint density at radius 2 is 2.06 bits per heavy atom. The molecule has 1 saturated heterocycles. The Labute approximate surface area is 109 Å². The van der Waals surface area contributed by atoms with Crippen LogP contribution in [-0.2, 0) is 11.3 Å². The van der Waals surface area contributed by atoms with Crippen molar-refractivity contribution in [1.82, 2.24) is 15.3 Å². The Morgan fingerprint density at radius 3 is 2.72 bits per heavy atom. The molecule has 0 spiro atoms. The highest BCUT2D eigenvalue weighted by Gasteiger charge is 2.14. The molecule has 1 N–H and O–H groups in total. The molecule has 1 aromatic heterocycles. The standard InChI is InChI=1S/C13H22N4O/c1-13(2,3)15-10-11-4-5-14-12(16-11)17-6-8-18-9-7-17/h4-5,15H,6-10H2,1-3H3. The van der Waals surface area contributed by atoms with Gasteiger partial charge in [-0.2, -0.15) is 0 Å². The average Bonchev–Trinajstić information content (AvgIpc) is 2.37. The molecule has 1 aliphatic rings. The molecule has 5 heteroatoms. The molecule has 2 heterocycles. The van der Waals surface area contributed by atoms with Crippen LogP contribution in [0.1, 0.15) is 26.5 Å². The van der Waals surface area contributed by atoms with Gasteiger partial charge in [-0.05, 0) is 26.8 Å².